The summed E-state index contributed by atoms with van der Waals surface area (Å²) in [5, 5.41) is 7.73. The van der Waals surface area contributed by atoms with Gasteiger partial charge in [-0.15, -0.1) is 0 Å². The van der Waals surface area contributed by atoms with E-state index in [1.54, 1.807) is 0 Å². The smallest absolute Gasteiger partial charge is 0.241 e. The molecular weight excluding hydrogens is 380 g/mol. The Morgan fingerprint density at radius 3 is 2.68 bits per heavy atom. The maximum absolute atomic E-state index is 12.0. The van der Waals surface area contributed by atoms with Gasteiger partial charge in [-0.1, -0.05) is 18.2 Å². The van der Waals surface area contributed by atoms with Gasteiger partial charge in [-0.25, -0.2) is 13.6 Å². The monoisotopic (exact) mass is 422 g/mol. The summed E-state index contributed by atoms with van der Waals surface area (Å²) in [6.07, 6.45) is -0.0196. The van der Waals surface area contributed by atoms with Gasteiger partial charge in [0.2, 0.25) is 10.0 Å². The summed E-state index contributed by atoms with van der Waals surface area (Å²) in [6.45, 7) is -8.60. The zero-order valence-corrected chi connectivity index (χ0v) is 15.6. The van der Waals surface area contributed by atoms with Crippen molar-refractivity contribution in [3.05, 3.63) is 47.9 Å². The highest BCUT2D eigenvalue weighted by Gasteiger charge is 2.16. The molecule has 0 heterocycles. The summed E-state index contributed by atoms with van der Waals surface area (Å²) >= 11 is 0. The molecule has 0 unspecified atom stereocenters. The fourth-order valence-electron chi connectivity index (χ4n) is 2.23. The fourth-order valence-corrected chi connectivity index (χ4v) is 2.93. The summed E-state index contributed by atoms with van der Waals surface area (Å²) in [6, 6.07) is -0.747. The van der Waals surface area contributed by atoms with Crippen molar-refractivity contribution in [2.75, 3.05) is 26.7 Å². The van der Waals surface area contributed by atoms with E-state index in [-0.39, 0.29) is 6.42 Å². The van der Waals surface area contributed by atoms with Gasteiger partial charge < -0.3 is 19.5 Å². The lowest BCUT2D eigenvalue weighted by Crippen LogP contribution is -2.32. The molecule has 0 bridgehead atoms. The van der Waals surface area contributed by atoms with Gasteiger partial charge in [0.1, 0.15) is 17.3 Å². The molecule has 7 nitrogen and oxygen atoms in total. The highest BCUT2D eigenvalue weighted by Crippen LogP contribution is 2.26. The van der Waals surface area contributed by atoms with E-state index in [4.69, 9.17) is 38.5 Å². The Kier molecular flexibility index (Phi) is 3.49. The predicted molar refractivity (Wildman–Crippen MR) is 109 cm³/mol. The van der Waals surface area contributed by atoms with Crippen molar-refractivity contribution >= 4 is 10.0 Å². The molecule has 28 heavy (non-hydrogen) atoms. The van der Waals surface area contributed by atoms with Crippen LogP contribution in [0, 0.1) is 0 Å². The second-order valence-corrected chi connectivity index (χ2v) is 7.04. The Labute approximate surface area is 186 Å². The number of rotatable bonds is 11. The second kappa shape index (κ2) is 10.3. The minimum absolute atomic E-state index is 0.0196. The van der Waals surface area contributed by atoms with Crippen molar-refractivity contribution < 1.29 is 41.8 Å². The molecule has 154 valence electrons. The molecule has 0 aliphatic carbocycles. The van der Waals surface area contributed by atoms with Crippen LogP contribution >= 0.6 is 0 Å². The molecule has 0 aliphatic rings. The first-order valence-corrected chi connectivity index (χ1v) is 9.35. The first-order chi connectivity index (χ1) is 18.8. The topological polar surface area (TPSA) is 99.9 Å². The van der Waals surface area contributed by atoms with Gasteiger partial charge in [0.05, 0.1) is 25.9 Å². The van der Waals surface area contributed by atoms with Gasteiger partial charge in [-0.05, 0) is 50.0 Å². The number of ether oxygens (including phenoxy) is 3. The first-order valence-electron chi connectivity index (χ1n) is 14.8. The average molecular weight is 423 g/mol. The van der Waals surface area contributed by atoms with Crippen LogP contribution in [0.15, 0.2) is 47.3 Å². The molecule has 2 rings (SSSR count). The molecule has 0 saturated heterocycles. The zero-order valence-electron chi connectivity index (χ0n) is 28.8. The Morgan fingerprint density at radius 2 is 2.00 bits per heavy atom. The van der Waals surface area contributed by atoms with Crippen LogP contribution in [0.5, 0.6) is 17.2 Å². The minimum Gasteiger partial charge on any atom is -0.495 e. The second-order valence-electron chi connectivity index (χ2n) is 5.51. The van der Waals surface area contributed by atoms with E-state index in [0.29, 0.717) is 5.56 Å². The summed E-state index contributed by atoms with van der Waals surface area (Å²) in [4.78, 5) is -0.600. The molecule has 8 heteroatoms. The SMILES string of the molecule is [2H]c1c([2H])c([2H])c(OC([2H])([2H])C([2H])([2H])[2H])c(OCC([2H])([2H])N[C@H](C)Cc2ccc(OC([2H])([2H])[2H])c(S(N)(=O)=O)c2)c1[2H]. The van der Waals surface area contributed by atoms with Crippen molar-refractivity contribution in [1.29, 1.82) is 0 Å². The number of benzene rings is 2. The number of hydrogen-bond acceptors (Lipinski definition) is 6. The van der Waals surface area contributed by atoms with Gasteiger partial charge in [-0.3, -0.25) is 0 Å². The summed E-state index contributed by atoms with van der Waals surface area (Å²) in [7, 11) is -7.36. The quantitative estimate of drug-likeness (QED) is 0.577. The third kappa shape index (κ3) is 6.40. The highest BCUT2D eigenvalue weighted by atomic mass is 32.2. The number of sulfonamides is 1. The molecule has 0 radical (unpaired) electrons. The van der Waals surface area contributed by atoms with Gasteiger partial charge in [0.25, 0.3) is 0 Å². The van der Waals surface area contributed by atoms with E-state index in [0.717, 1.165) is 12.1 Å². The Balaban J connectivity index is 2.29. The number of methoxy groups -OCH3 is 1. The molecule has 0 aromatic heterocycles. The molecule has 3 N–H and O–H groups in total. The van der Waals surface area contributed by atoms with Crippen LogP contribution in [0.2, 0.25) is 0 Å². The maximum atomic E-state index is 12.0. The summed E-state index contributed by atoms with van der Waals surface area (Å²) in [5.41, 5.74) is 0.299. The zero-order chi connectivity index (χ0) is 32.6. The van der Waals surface area contributed by atoms with Crippen LogP contribution in [0.25, 0.3) is 0 Å². The molecule has 0 aliphatic heterocycles. The fraction of sp³-hybridized carbons (Fsp3) is 0.400. The molecule has 2 aromatic carbocycles. The lowest BCUT2D eigenvalue weighted by molar-refractivity contribution is 0.272. The molecule has 0 amide bonds. The Morgan fingerprint density at radius 1 is 1.25 bits per heavy atom. The predicted octanol–water partition coefficient (Wildman–Crippen LogP) is 2.34. The number of nitrogens with one attached hydrogen (secondary N) is 1. The molecule has 2 aromatic rings. The lowest BCUT2D eigenvalue weighted by Gasteiger charge is -2.16. The maximum Gasteiger partial charge on any atom is 0.241 e. The molecular formula is C20H28N2O5S. The van der Waals surface area contributed by atoms with Crippen LogP contribution in [0.1, 0.15) is 38.5 Å². The standard InChI is InChI=1S/C20H28N2O5S/c1-4-26-17-7-5-6-8-18(17)27-12-11-22-15(2)13-16-9-10-19(25-3)20(14-16)28(21,23)24/h5-10,14-15,22H,4,11-13H2,1-3H3,(H2,21,23,24)/t15-/m1/s1/i1D3,3D3,4D2,5D,6D,7D,8D,11D2. The Hall–Kier alpha value is -2.29. The number of hydrogen-bond donors (Lipinski definition) is 2. The summed E-state index contributed by atoms with van der Waals surface area (Å²) in [5.74, 6) is -2.30. The van der Waals surface area contributed by atoms with Crippen molar-refractivity contribution in [3.63, 3.8) is 0 Å². The molecule has 0 spiro atoms. The van der Waals surface area contributed by atoms with E-state index < -0.39 is 95.9 Å². The Bertz CT molecular complexity index is 1410. The van der Waals surface area contributed by atoms with Crippen LogP contribution in [0.4, 0.5) is 0 Å². The van der Waals surface area contributed by atoms with Gasteiger partial charge >= 0.3 is 0 Å². The molecule has 0 fully saturated rings. The third-order valence-electron chi connectivity index (χ3n) is 3.38. The van der Waals surface area contributed by atoms with Crippen LogP contribution in [-0.2, 0) is 16.4 Å². The normalized spacial score (nSPS) is 21.6. The largest absolute Gasteiger partial charge is 0.495 e. The number of para-hydroxylation sites is 2. The van der Waals surface area contributed by atoms with Gasteiger partial charge in [0, 0.05) is 19.4 Å². The van der Waals surface area contributed by atoms with Crippen molar-refractivity contribution in [3.8, 4) is 17.2 Å². The first kappa shape index (κ1) is 9.47. The van der Waals surface area contributed by atoms with Crippen molar-refractivity contribution in [2.24, 2.45) is 5.14 Å². The van der Waals surface area contributed by atoms with Crippen molar-refractivity contribution in [1.82, 2.24) is 5.32 Å². The molecule has 1 atom stereocenters. The van der Waals surface area contributed by atoms with Gasteiger partial charge in [0.15, 0.2) is 11.5 Å². The van der Waals surface area contributed by atoms with E-state index in [1.807, 2.05) is 0 Å². The van der Waals surface area contributed by atoms with Crippen LogP contribution in [0.3, 0.4) is 0 Å². The van der Waals surface area contributed by atoms with Crippen molar-refractivity contribution in [2.45, 2.75) is 31.1 Å². The van der Waals surface area contributed by atoms with Crippen LogP contribution < -0.4 is 24.7 Å². The van der Waals surface area contributed by atoms with E-state index in [9.17, 15) is 8.42 Å². The van der Waals surface area contributed by atoms with E-state index in [1.165, 1.54) is 13.0 Å². The molecule has 0 saturated carbocycles. The number of nitrogens with two attached hydrogens (primary N) is 1. The van der Waals surface area contributed by atoms with E-state index in [2.05, 4.69) is 5.32 Å². The average Bonchev–Trinajstić information content (AvgIpc) is 2.79. The van der Waals surface area contributed by atoms with Gasteiger partial charge in [-0.2, -0.15) is 0 Å². The number of primary sulfonamides is 1. The third-order valence-corrected chi connectivity index (χ3v) is 4.31. The summed E-state index contributed by atoms with van der Waals surface area (Å²) < 4.78 is 146. The lowest BCUT2D eigenvalue weighted by atomic mass is 10.1. The van der Waals surface area contributed by atoms with Crippen LogP contribution in [-0.4, -0.2) is 41.2 Å². The highest BCUT2D eigenvalue weighted by molar-refractivity contribution is 7.89. The minimum atomic E-state index is -4.40. The van der Waals surface area contributed by atoms with E-state index >= 15 is 0 Å².